The SMILES string of the molecule is O=C(O)c1cc(-c2ccc(Br)cc2)cc(-c2ccc(OCc3ccccc3)cc2)n1. The minimum atomic E-state index is -1.06. The number of carboxylic acid groups (broad SMARTS) is 1. The zero-order valence-electron chi connectivity index (χ0n) is 16.0. The summed E-state index contributed by atoms with van der Waals surface area (Å²) in [5.74, 6) is -0.317. The van der Waals surface area contributed by atoms with Gasteiger partial charge in [0.1, 0.15) is 18.1 Å². The van der Waals surface area contributed by atoms with Crippen molar-refractivity contribution in [1.29, 1.82) is 0 Å². The van der Waals surface area contributed by atoms with Crippen molar-refractivity contribution in [3.63, 3.8) is 0 Å². The second-order valence-corrected chi connectivity index (χ2v) is 7.65. The first-order chi connectivity index (χ1) is 14.6. The topological polar surface area (TPSA) is 59.4 Å². The van der Waals surface area contributed by atoms with Crippen molar-refractivity contribution in [1.82, 2.24) is 4.98 Å². The summed E-state index contributed by atoms with van der Waals surface area (Å²) in [5.41, 5.74) is 4.25. The van der Waals surface area contributed by atoms with E-state index in [0.29, 0.717) is 12.3 Å². The lowest BCUT2D eigenvalue weighted by Gasteiger charge is -2.10. The number of hydrogen-bond acceptors (Lipinski definition) is 3. The quantitative estimate of drug-likeness (QED) is 0.359. The number of halogens is 1. The van der Waals surface area contributed by atoms with Crippen LogP contribution in [0.3, 0.4) is 0 Å². The van der Waals surface area contributed by atoms with Gasteiger partial charge in [0.05, 0.1) is 5.69 Å². The average molecular weight is 460 g/mol. The molecule has 0 radical (unpaired) electrons. The Kier molecular flexibility index (Phi) is 5.91. The molecule has 0 saturated carbocycles. The maximum Gasteiger partial charge on any atom is 0.354 e. The molecule has 0 fully saturated rings. The minimum absolute atomic E-state index is 0.00910. The zero-order chi connectivity index (χ0) is 20.9. The number of hydrogen-bond donors (Lipinski definition) is 1. The standard InChI is InChI=1S/C25H18BrNO3/c26-21-10-6-18(7-11-21)20-14-23(27-24(15-20)25(28)29)19-8-12-22(13-9-19)30-16-17-4-2-1-3-5-17/h1-15H,16H2,(H,28,29). The van der Waals surface area contributed by atoms with Gasteiger partial charge in [-0.15, -0.1) is 0 Å². The molecular formula is C25H18BrNO3. The van der Waals surface area contributed by atoms with Crippen LogP contribution in [-0.2, 0) is 6.61 Å². The molecule has 4 rings (SSSR count). The van der Waals surface area contributed by atoms with Crippen LogP contribution in [0, 0.1) is 0 Å². The maximum atomic E-state index is 11.6. The van der Waals surface area contributed by atoms with Crippen molar-refractivity contribution in [2.45, 2.75) is 6.61 Å². The summed E-state index contributed by atoms with van der Waals surface area (Å²) >= 11 is 3.42. The van der Waals surface area contributed by atoms with Crippen molar-refractivity contribution in [2.75, 3.05) is 0 Å². The molecular weight excluding hydrogens is 442 g/mol. The van der Waals surface area contributed by atoms with Crippen LogP contribution in [0.4, 0.5) is 0 Å². The van der Waals surface area contributed by atoms with Crippen LogP contribution in [0.15, 0.2) is 95.5 Å². The van der Waals surface area contributed by atoms with Crippen LogP contribution in [0.2, 0.25) is 0 Å². The Bertz CT molecular complexity index is 1160. The number of nitrogens with zero attached hydrogens (tertiary/aromatic N) is 1. The van der Waals surface area contributed by atoms with Gasteiger partial charge < -0.3 is 9.84 Å². The number of carboxylic acids is 1. The third-order valence-electron chi connectivity index (χ3n) is 4.62. The van der Waals surface area contributed by atoms with Crippen molar-refractivity contribution in [3.05, 3.63) is 107 Å². The highest BCUT2D eigenvalue weighted by atomic mass is 79.9. The van der Waals surface area contributed by atoms with E-state index in [2.05, 4.69) is 20.9 Å². The summed E-state index contributed by atoms with van der Waals surface area (Å²) < 4.78 is 6.79. The van der Waals surface area contributed by atoms with Crippen molar-refractivity contribution in [3.8, 4) is 28.1 Å². The van der Waals surface area contributed by atoms with Gasteiger partial charge in [-0.3, -0.25) is 0 Å². The third-order valence-corrected chi connectivity index (χ3v) is 5.15. The third kappa shape index (κ3) is 4.75. The fourth-order valence-corrected chi connectivity index (χ4v) is 3.32. The summed E-state index contributed by atoms with van der Waals surface area (Å²) in [6.07, 6.45) is 0. The fraction of sp³-hybridized carbons (Fsp3) is 0.0400. The smallest absolute Gasteiger partial charge is 0.354 e. The van der Waals surface area contributed by atoms with Crippen LogP contribution < -0.4 is 4.74 Å². The van der Waals surface area contributed by atoms with Gasteiger partial charge in [-0.05, 0) is 65.2 Å². The summed E-state index contributed by atoms with van der Waals surface area (Å²) in [6, 6.07) is 28.7. The number of pyridine rings is 1. The molecule has 0 aliphatic rings. The van der Waals surface area contributed by atoms with Crippen molar-refractivity contribution < 1.29 is 14.6 Å². The van der Waals surface area contributed by atoms with E-state index in [0.717, 1.165) is 32.5 Å². The molecule has 30 heavy (non-hydrogen) atoms. The average Bonchev–Trinajstić information content (AvgIpc) is 2.79. The maximum absolute atomic E-state index is 11.6. The Morgan fingerprint density at radius 1 is 0.833 bits per heavy atom. The van der Waals surface area contributed by atoms with E-state index < -0.39 is 5.97 Å². The lowest BCUT2D eigenvalue weighted by molar-refractivity contribution is 0.0690. The van der Waals surface area contributed by atoms with Gasteiger partial charge in [0.25, 0.3) is 0 Å². The summed E-state index contributed by atoms with van der Waals surface area (Å²) in [5, 5.41) is 9.50. The molecule has 1 aromatic heterocycles. The molecule has 0 saturated heterocycles. The largest absolute Gasteiger partial charge is 0.489 e. The molecule has 148 valence electrons. The molecule has 0 spiro atoms. The number of aromatic nitrogens is 1. The number of benzene rings is 3. The van der Waals surface area contributed by atoms with Crippen LogP contribution in [0.1, 0.15) is 16.1 Å². The molecule has 0 atom stereocenters. The highest BCUT2D eigenvalue weighted by Gasteiger charge is 2.12. The second-order valence-electron chi connectivity index (χ2n) is 6.74. The van der Waals surface area contributed by atoms with E-state index in [1.54, 1.807) is 6.07 Å². The first-order valence-electron chi connectivity index (χ1n) is 9.37. The normalized spacial score (nSPS) is 10.6. The highest BCUT2D eigenvalue weighted by molar-refractivity contribution is 9.10. The van der Waals surface area contributed by atoms with Crippen LogP contribution >= 0.6 is 15.9 Å². The lowest BCUT2D eigenvalue weighted by Crippen LogP contribution is -2.02. The Hall–Kier alpha value is -3.44. The minimum Gasteiger partial charge on any atom is -0.489 e. The fourth-order valence-electron chi connectivity index (χ4n) is 3.06. The Balaban J connectivity index is 1.61. The molecule has 1 N–H and O–H groups in total. The van der Waals surface area contributed by atoms with Gasteiger partial charge in [0.2, 0.25) is 0 Å². The Morgan fingerprint density at radius 3 is 2.17 bits per heavy atom. The molecule has 4 aromatic rings. The lowest BCUT2D eigenvalue weighted by atomic mass is 10.0. The van der Waals surface area contributed by atoms with Gasteiger partial charge in [-0.2, -0.15) is 0 Å². The molecule has 5 heteroatoms. The van der Waals surface area contributed by atoms with Crippen molar-refractivity contribution >= 4 is 21.9 Å². The second kappa shape index (κ2) is 8.93. The monoisotopic (exact) mass is 459 g/mol. The first-order valence-corrected chi connectivity index (χ1v) is 10.2. The van der Waals surface area contributed by atoms with Gasteiger partial charge >= 0.3 is 5.97 Å². The van der Waals surface area contributed by atoms with Gasteiger partial charge in [0.15, 0.2) is 0 Å². The van der Waals surface area contributed by atoms with Gasteiger partial charge in [0, 0.05) is 10.0 Å². The van der Waals surface area contributed by atoms with E-state index in [9.17, 15) is 9.90 Å². The molecule has 3 aromatic carbocycles. The van der Waals surface area contributed by atoms with Crippen LogP contribution in [-0.4, -0.2) is 16.1 Å². The summed E-state index contributed by atoms with van der Waals surface area (Å²) in [6.45, 7) is 0.487. The predicted octanol–water partition coefficient (Wildman–Crippen LogP) is 6.46. The van der Waals surface area contributed by atoms with Gasteiger partial charge in [-0.25, -0.2) is 9.78 Å². The Morgan fingerprint density at radius 2 is 1.50 bits per heavy atom. The summed E-state index contributed by atoms with van der Waals surface area (Å²) in [7, 11) is 0. The Labute approximate surface area is 182 Å². The molecule has 1 heterocycles. The molecule has 0 bridgehead atoms. The van der Waals surface area contributed by atoms with E-state index in [1.165, 1.54) is 0 Å². The van der Waals surface area contributed by atoms with Crippen molar-refractivity contribution in [2.24, 2.45) is 0 Å². The van der Waals surface area contributed by atoms with E-state index in [-0.39, 0.29) is 5.69 Å². The number of aromatic carboxylic acids is 1. The van der Waals surface area contributed by atoms with E-state index in [4.69, 9.17) is 4.74 Å². The number of ether oxygens (including phenoxy) is 1. The molecule has 0 unspecified atom stereocenters. The van der Waals surface area contributed by atoms with E-state index in [1.807, 2.05) is 84.9 Å². The van der Waals surface area contributed by atoms with Gasteiger partial charge in [-0.1, -0.05) is 58.4 Å². The predicted molar refractivity (Wildman–Crippen MR) is 121 cm³/mol. The molecule has 4 nitrogen and oxygen atoms in total. The summed E-state index contributed by atoms with van der Waals surface area (Å²) in [4.78, 5) is 15.9. The number of carbonyl (C=O) groups is 1. The molecule has 0 amide bonds. The highest BCUT2D eigenvalue weighted by Crippen LogP contribution is 2.28. The number of rotatable bonds is 6. The molecule has 0 aliphatic carbocycles. The molecule has 0 aliphatic heterocycles. The van der Waals surface area contributed by atoms with Crippen LogP contribution in [0.25, 0.3) is 22.4 Å². The first kappa shape index (κ1) is 19.9. The van der Waals surface area contributed by atoms with E-state index >= 15 is 0 Å². The zero-order valence-corrected chi connectivity index (χ0v) is 17.5. The van der Waals surface area contributed by atoms with Crippen LogP contribution in [0.5, 0.6) is 5.75 Å².